The molecule has 0 radical (unpaired) electrons. The van der Waals surface area contributed by atoms with E-state index in [0.717, 1.165) is 0 Å². The van der Waals surface area contributed by atoms with E-state index in [1.54, 1.807) is 48.5 Å². The van der Waals surface area contributed by atoms with Crippen LogP contribution in [0, 0.1) is 0 Å². The molecule has 0 bridgehead atoms. The van der Waals surface area contributed by atoms with E-state index in [1.807, 2.05) is 0 Å². The number of nitrogens with one attached hydrogen (secondary N) is 1. The Kier molecular flexibility index (Phi) is 4.70. The van der Waals surface area contributed by atoms with Crippen LogP contribution in [0.25, 0.3) is 16.5 Å². The summed E-state index contributed by atoms with van der Waals surface area (Å²) in [6.45, 7) is -0.513. The van der Waals surface area contributed by atoms with Crippen LogP contribution in [0.5, 0.6) is 5.75 Å². The van der Waals surface area contributed by atoms with Gasteiger partial charge in [0.1, 0.15) is 12.3 Å². The Bertz CT molecular complexity index is 1060. The molecule has 7 nitrogen and oxygen atoms in total. The van der Waals surface area contributed by atoms with Crippen molar-refractivity contribution in [2.45, 2.75) is 0 Å². The molecular weight excluding hydrogens is 336 g/mol. The van der Waals surface area contributed by atoms with Crippen LogP contribution in [0.4, 0.5) is 0 Å². The summed E-state index contributed by atoms with van der Waals surface area (Å²) in [6.07, 6.45) is 1.40. The van der Waals surface area contributed by atoms with Gasteiger partial charge in [-0.3, -0.25) is 19.0 Å². The molecule has 0 fully saturated rings. The highest BCUT2D eigenvalue weighted by atomic mass is 16.5. The van der Waals surface area contributed by atoms with E-state index >= 15 is 0 Å². The predicted octanol–water partition coefficient (Wildman–Crippen LogP) is 1.81. The van der Waals surface area contributed by atoms with Crippen molar-refractivity contribution in [1.29, 1.82) is 0 Å². The smallest absolute Gasteiger partial charge is 0.322 e. The molecule has 1 heterocycles. The van der Waals surface area contributed by atoms with Crippen LogP contribution < -0.4 is 15.6 Å². The van der Waals surface area contributed by atoms with Crippen molar-refractivity contribution in [3.8, 4) is 11.4 Å². The summed E-state index contributed by atoms with van der Waals surface area (Å²) >= 11 is 0. The second-order valence-electron chi connectivity index (χ2n) is 5.51. The minimum absolute atomic E-state index is 0.201. The maximum absolute atomic E-state index is 12.9. The fourth-order valence-corrected chi connectivity index (χ4v) is 2.73. The average Bonchev–Trinajstić information content (AvgIpc) is 2.66. The van der Waals surface area contributed by atoms with Gasteiger partial charge in [-0.2, -0.15) is 0 Å². The molecule has 0 saturated carbocycles. The van der Waals surface area contributed by atoms with E-state index in [-0.39, 0.29) is 11.1 Å². The van der Waals surface area contributed by atoms with Crippen molar-refractivity contribution < 1.29 is 19.4 Å². The Hall–Kier alpha value is -3.61. The number of hydrogen-bond donors (Lipinski definition) is 2. The third-order valence-electron chi connectivity index (χ3n) is 3.91. The van der Waals surface area contributed by atoms with Crippen LogP contribution in [-0.4, -0.2) is 35.2 Å². The van der Waals surface area contributed by atoms with Gasteiger partial charge in [-0.1, -0.05) is 30.3 Å². The number of amides is 1. The molecule has 2 N–H and O–H groups in total. The first-order chi connectivity index (χ1) is 12.5. The summed E-state index contributed by atoms with van der Waals surface area (Å²) in [7, 11) is 1.49. The lowest BCUT2D eigenvalue weighted by Crippen LogP contribution is -2.31. The van der Waals surface area contributed by atoms with E-state index in [1.165, 1.54) is 17.9 Å². The van der Waals surface area contributed by atoms with E-state index in [9.17, 15) is 14.4 Å². The van der Waals surface area contributed by atoms with Crippen molar-refractivity contribution >= 4 is 22.6 Å². The van der Waals surface area contributed by atoms with Crippen LogP contribution in [0.1, 0.15) is 10.4 Å². The van der Waals surface area contributed by atoms with Gasteiger partial charge in [0.2, 0.25) is 0 Å². The molecule has 1 aromatic heterocycles. The normalized spacial score (nSPS) is 10.5. The Morgan fingerprint density at radius 3 is 2.42 bits per heavy atom. The number of benzene rings is 2. The van der Waals surface area contributed by atoms with Crippen molar-refractivity contribution in [2.75, 3.05) is 13.7 Å². The topological polar surface area (TPSA) is 97.6 Å². The van der Waals surface area contributed by atoms with Gasteiger partial charge in [0, 0.05) is 17.0 Å². The highest BCUT2D eigenvalue weighted by Crippen LogP contribution is 2.23. The number of methoxy groups -OCH3 is 1. The number of carbonyl (C=O) groups excluding carboxylic acids is 1. The molecular formula is C19H16N2O5. The lowest BCUT2D eigenvalue weighted by molar-refractivity contribution is -0.135. The molecule has 3 rings (SSSR count). The van der Waals surface area contributed by atoms with Crippen molar-refractivity contribution in [1.82, 2.24) is 9.88 Å². The number of ether oxygens (including phenoxy) is 1. The standard InChI is InChI=1S/C19H16N2O5/c1-26-16-9-5-4-8-15(16)21-11-14(18(24)20-10-17(22)23)12-6-2-3-7-13(12)19(21)25/h2-9,11H,10H2,1H3,(H,20,24)(H,22,23). The number of aliphatic carboxylic acids is 1. The molecule has 0 saturated heterocycles. The molecule has 0 spiro atoms. The number of aromatic nitrogens is 1. The Balaban J connectivity index is 2.25. The fraction of sp³-hybridized carbons (Fsp3) is 0.105. The van der Waals surface area contributed by atoms with E-state index < -0.39 is 18.4 Å². The number of carboxylic acids is 1. The van der Waals surface area contributed by atoms with Gasteiger partial charge in [0.15, 0.2) is 0 Å². The van der Waals surface area contributed by atoms with Gasteiger partial charge in [-0.25, -0.2) is 0 Å². The highest BCUT2D eigenvalue weighted by Gasteiger charge is 2.17. The first kappa shape index (κ1) is 17.2. The largest absolute Gasteiger partial charge is 0.495 e. The number of para-hydroxylation sites is 2. The molecule has 0 aliphatic rings. The summed E-state index contributed by atoms with van der Waals surface area (Å²) in [5.41, 5.74) is 0.380. The van der Waals surface area contributed by atoms with Crippen LogP contribution in [-0.2, 0) is 4.79 Å². The number of carboxylic acid groups (broad SMARTS) is 1. The molecule has 0 aliphatic carbocycles. The number of nitrogens with zero attached hydrogens (tertiary/aromatic N) is 1. The van der Waals surface area contributed by atoms with Crippen LogP contribution in [0.3, 0.4) is 0 Å². The maximum atomic E-state index is 12.9. The zero-order valence-electron chi connectivity index (χ0n) is 13.9. The lowest BCUT2D eigenvalue weighted by atomic mass is 10.1. The summed E-state index contributed by atoms with van der Waals surface area (Å²) in [5, 5.41) is 11.9. The quantitative estimate of drug-likeness (QED) is 0.730. The maximum Gasteiger partial charge on any atom is 0.322 e. The number of carbonyl (C=O) groups is 2. The van der Waals surface area contributed by atoms with Crippen molar-refractivity contribution in [3.63, 3.8) is 0 Å². The molecule has 26 heavy (non-hydrogen) atoms. The molecule has 2 aromatic carbocycles. The second kappa shape index (κ2) is 7.10. The van der Waals surface area contributed by atoms with Crippen molar-refractivity contribution in [3.05, 3.63) is 70.6 Å². The van der Waals surface area contributed by atoms with Crippen molar-refractivity contribution in [2.24, 2.45) is 0 Å². The average molecular weight is 352 g/mol. The second-order valence-corrected chi connectivity index (χ2v) is 5.51. The summed E-state index contributed by atoms with van der Waals surface area (Å²) < 4.78 is 6.64. The molecule has 0 aliphatic heterocycles. The Labute approximate surface area is 148 Å². The van der Waals surface area contributed by atoms with E-state index in [4.69, 9.17) is 9.84 Å². The SMILES string of the molecule is COc1ccccc1-n1cc(C(=O)NCC(=O)O)c2ccccc2c1=O. The summed E-state index contributed by atoms with van der Waals surface area (Å²) in [5.74, 6) is -1.25. The molecule has 3 aromatic rings. The third-order valence-corrected chi connectivity index (χ3v) is 3.91. The molecule has 1 amide bonds. The Morgan fingerprint density at radius 2 is 1.73 bits per heavy atom. The molecule has 132 valence electrons. The van der Waals surface area contributed by atoms with E-state index in [0.29, 0.717) is 22.2 Å². The number of rotatable bonds is 5. The van der Waals surface area contributed by atoms with Gasteiger partial charge >= 0.3 is 5.97 Å². The predicted molar refractivity (Wildman–Crippen MR) is 96.1 cm³/mol. The van der Waals surface area contributed by atoms with Gasteiger partial charge < -0.3 is 15.2 Å². The van der Waals surface area contributed by atoms with Crippen LogP contribution in [0.2, 0.25) is 0 Å². The lowest BCUT2D eigenvalue weighted by Gasteiger charge is -2.14. The van der Waals surface area contributed by atoms with Gasteiger partial charge in [0.25, 0.3) is 11.5 Å². The Morgan fingerprint density at radius 1 is 1.08 bits per heavy atom. The zero-order chi connectivity index (χ0) is 18.7. The van der Waals surface area contributed by atoms with Crippen LogP contribution >= 0.6 is 0 Å². The summed E-state index contributed by atoms with van der Waals surface area (Å²) in [6, 6.07) is 13.6. The number of fused-ring (bicyclic) bond motifs is 1. The number of pyridine rings is 1. The zero-order valence-corrected chi connectivity index (χ0v) is 13.9. The minimum atomic E-state index is -1.15. The first-order valence-corrected chi connectivity index (χ1v) is 7.80. The highest BCUT2D eigenvalue weighted by molar-refractivity contribution is 6.07. The van der Waals surface area contributed by atoms with Gasteiger partial charge in [-0.15, -0.1) is 0 Å². The molecule has 7 heteroatoms. The number of hydrogen-bond acceptors (Lipinski definition) is 4. The fourth-order valence-electron chi connectivity index (χ4n) is 2.73. The first-order valence-electron chi connectivity index (χ1n) is 7.80. The van der Waals surface area contributed by atoms with E-state index in [2.05, 4.69) is 5.32 Å². The third kappa shape index (κ3) is 3.14. The monoisotopic (exact) mass is 352 g/mol. The van der Waals surface area contributed by atoms with Gasteiger partial charge in [-0.05, 0) is 18.2 Å². The van der Waals surface area contributed by atoms with Gasteiger partial charge in [0.05, 0.1) is 18.4 Å². The summed E-state index contributed by atoms with van der Waals surface area (Å²) in [4.78, 5) is 36.1. The minimum Gasteiger partial charge on any atom is -0.495 e. The molecule has 0 atom stereocenters. The molecule has 0 unspecified atom stereocenters. The van der Waals surface area contributed by atoms with Crippen LogP contribution in [0.15, 0.2) is 59.5 Å².